The summed E-state index contributed by atoms with van der Waals surface area (Å²) in [6.45, 7) is -1.10. The van der Waals surface area contributed by atoms with E-state index in [1.54, 1.807) is 12.1 Å². The molecule has 6 rings (SSSR count). The van der Waals surface area contributed by atoms with Crippen LogP contribution >= 0.6 is 6.83 Å². The predicted octanol–water partition coefficient (Wildman–Crippen LogP) is 8.63. The first kappa shape index (κ1) is 35.1. The van der Waals surface area contributed by atoms with Crippen LogP contribution in [-0.2, 0) is 20.5 Å². The van der Waals surface area contributed by atoms with Gasteiger partial charge in [0.15, 0.2) is 0 Å². The zero-order valence-electron chi connectivity index (χ0n) is 28.3. The van der Waals surface area contributed by atoms with Gasteiger partial charge in [-0.2, -0.15) is 0 Å². The second-order valence-electron chi connectivity index (χ2n) is 12.4. The van der Waals surface area contributed by atoms with Crippen molar-refractivity contribution < 1.29 is 21.9 Å². The van der Waals surface area contributed by atoms with Crippen LogP contribution < -0.4 is 25.4 Å². The van der Waals surface area contributed by atoms with Gasteiger partial charge in [-0.25, -0.2) is 0 Å². The molecule has 0 spiro atoms. The fourth-order valence-electron chi connectivity index (χ4n) is 6.49. The van der Waals surface area contributed by atoms with Crippen LogP contribution in [0, 0.1) is 6.92 Å². The van der Waals surface area contributed by atoms with Crippen molar-refractivity contribution in [3.05, 3.63) is 181 Å². The summed E-state index contributed by atoms with van der Waals surface area (Å²) in [5, 5.41) is 2.60. The van der Waals surface area contributed by atoms with E-state index in [1.165, 1.54) is 0 Å². The summed E-state index contributed by atoms with van der Waals surface area (Å²) >= 11 is 0. The summed E-state index contributed by atoms with van der Waals surface area (Å²) in [6, 6.07) is 54.7. The molecule has 0 radical (unpaired) electrons. The number of hydrogen-bond acceptors (Lipinski definition) is 5. The van der Waals surface area contributed by atoms with Gasteiger partial charge in [-0.05, 0) is 12.1 Å². The van der Waals surface area contributed by atoms with Crippen molar-refractivity contribution in [2.75, 3.05) is 19.4 Å². The number of aryl methyl sites for hydroxylation is 2. The van der Waals surface area contributed by atoms with E-state index in [9.17, 15) is 8.42 Å². The molecule has 0 atom stereocenters. The van der Waals surface area contributed by atoms with Crippen molar-refractivity contribution in [3.63, 3.8) is 0 Å². The van der Waals surface area contributed by atoms with Crippen molar-refractivity contribution >= 4 is 32.9 Å². The Hall–Kier alpha value is -4.74. The Morgan fingerprint density at radius 1 is 0.500 bits per heavy atom. The van der Waals surface area contributed by atoms with Gasteiger partial charge in [0, 0.05) is 0 Å². The molecule has 7 heteroatoms. The Bertz CT molecular complexity index is 1940. The summed E-state index contributed by atoms with van der Waals surface area (Å²) in [7, 11) is -4.23. The molecule has 0 bridgehead atoms. The van der Waals surface area contributed by atoms with E-state index in [-0.39, 0.29) is 4.90 Å². The average molecular weight is 703 g/mol. The maximum atomic E-state index is 14.5. The maximum absolute atomic E-state index is 14.5. The molecule has 0 aromatic heterocycles. The third-order valence-corrected chi connectivity index (χ3v) is 17.3. The van der Waals surface area contributed by atoms with Crippen molar-refractivity contribution in [1.82, 2.24) is 0 Å². The molecule has 0 fully saturated rings. The summed E-state index contributed by atoms with van der Waals surface area (Å²) in [5.74, 6) is 1.66. The van der Waals surface area contributed by atoms with Gasteiger partial charge in [0.05, 0.1) is 0 Å². The van der Waals surface area contributed by atoms with Crippen molar-refractivity contribution in [3.8, 4) is 11.5 Å². The third kappa shape index (κ3) is 7.69. The normalized spacial score (nSPS) is 12.5. The fraction of sp³-hybridized carbons (Fsp3) is 0.163. The van der Waals surface area contributed by atoms with Gasteiger partial charge < -0.3 is 0 Å². The van der Waals surface area contributed by atoms with Gasteiger partial charge >= 0.3 is 262 Å². The van der Waals surface area contributed by atoms with E-state index in [2.05, 4.69) is 12.1 Å². The number of benzene rings is 6. The molecular weight excluding hydrogens is 660 g/mol. The molecule has 5 nitrogen and oxygen atoms in total. The Morgan fingerprint density at radius 3 is 1.42 bits per heavy atom. The molecule has 0 heterocycles. The predicted molar refractivity (Wildman–Crippen MR) is 206 cm³/mol. The van der Waals surface area contributed by atoms with E-state index in [0.29, 0.717) is 25.8 Å². The number of ether oxygens (including phenoxy) is 2. The van der Waals surface area contributed by atoms with Crippen molar-refractivity contribution in [2.45, 2.75) is 31.1 Å². The molecule has 0 aliphatic carbocycles. The molecule has 0 aliphatic heterocycles. The molecule has 0 N–H and O–H groups in total. The number of hydrogen-bond donors (Lipinski definition) is 0. The van der Waals surface area contributed by atoms with Crippen LogP contribution in [-0.4, -0.2) is 27.8 Å². The first-order valence-corrected chi connectivity index (χ1v) is 20.7. The molecule has 0 saturated heterocycles. The number of para-hydroxylation sites is 1. The zero-order valence-corrected chi connectivity index (χ0v) is 30.0. The fourth-order valence-corrected chi connectivity index (χ4v) is 15.2. The Balaban J connectivity index is 1.30. The molecule has 6 aromatic carbocycles. The topological polar surface area (TPSA) is 61.8 Å². The molecule has 0 amide bonds. The second kappa shape index (κ2) is 15.9. The van der Waals surface area contributed by atoms with Gasteiger partial charge in [0.25, 0.3) is 0 Å². The SMILES string of the molecule is Cc1ccc(S(=O)(=O)OP(CCCc2ccc(OCCCOc3ccccc3)cc2)(c2ccccc2)(c2ccccc2)c2ccccc2)cc1. The average Bonchev–Trinajstić information content (AvgIpc) is 3.16. The molecule has 256 valence electrons. The van der Waals surface area contributed by atoms with Crippen LogP contribution in [0.3, 0.4) is 0 Å². The first-order chi connectivity index (χ1) is 24.4. The van der Waals surface area contributed by atoms with Crippen molar-refractivity contribution in [1.29, 1.82) is 0 Å². The quantitative estimate of drug-likeness (QED) is 0.0747. The Kier molecular flexibility index (Phi) is 11.1. The molecule has 0 unspecified atom stereocenters. The minimum atomic E-state index is -4.23. The Morgan fingerprint density at radius 2 is 0.940 bits per heavy atom. The molecule has 0 aliphatic rings. The van der Waals surface area contributed by atoms with E-state index in [1.807, 2.05) is 153 Å². The van der Waals surface area contributed by atoms with Crippen LogP contribution in [0.5, 0.6) is 11.5 Å². The minimum absolute atomic E-state index is 0.141. The summed E-state index contributed by atoms with van der Waals surface area (Å²) in [4.78, 5) is 0.141. The van der Waals surface area contributed by atoms with Gasteiger partial charge in [-0.1, -0.05) is 18.2 Å². The number of rotatable bonds is 16. The van der Waals surface area contributed by atoms with E-state index in [4.69, 9.17) is 13.4 Å². The molecule has 6 aromatic rings. The van der Waals surface area contributed by atoms with Gasteiger partial charge in [-0.15, -0.1) is 0 Å². The van der Waals surface area contributed by atoms with E-state index in [0.717, 1.165) is 51.4 Å². The van der Waals surface area contributed by atoms with Crippen LogP contribution in [0.2, 0.25) is 0 Å². The Labute approximate surface area is 296 Å². The van der Waals surface area contributed by atoms with E-state index < -0.39 is 16.9 Å². The van der Waals surface area contributed by atoms with Gasteiger partial charge in [0.2, 0.25) is 0 Å². The van der Waals surface area contributed by atoms with Crippen LogP contribution in [0.4, 0.5) is 0 Å². The summed E-state index contributed by atoms with van der Waals surface area (Å²) in [6.07, 6.45) is 2.66. The van der Waals surface area contributed by atoms with Crippen molar-refractivity contribution in [2.24, 2.45) is 0 Å². The summed E-state index contributed by atoms with van der Waals surface area (Å²) < 4.78 is 47.9. The van der Waals surface area contributed by atoms with Crippen LogP contribution in [0.15, 0.2) is 175 Å². The van der Waals surface area contributed by atoms with E-state index >= 15 is 0 Å². The van der Waals surface area contributed by atoms with Crippen LogP contribution in [0.25, 0.3) is 0 Å². The zero-order chi connectivity index (χ0) is 34.7. The van der Waals surface area contributed by atoms with Gasteiger partial charge in [-0.3, -0.25) is 0 Å². The monoisotopic (exact) mass is 702 g/mol. The molecule has 50 heavy (non-hydrogen) atoms. The second-order valence-corrected chi connectivity index (χ2v) is 18.8. The third-order valence-electron chi connectivity index (χ3n) is 9.02. The molecule has 0 saturated carbocycles. The van der Waals surface area contributed by atoms with Crippen LogP contribution in [0.1, 0.15) is 24.0 Å². The standard InChI is InChI=1S/C43H43O5PS/c1-36-25-31-43(32-26-36)50(44,45)48-49(40-19-8-3-9-20-40,41-21-10-4-11-22-41,42-23-12-5-13-24-42)35-14-16-37-27-29-39(30-28-37)47-34-15-33-46-38-17-6-2-7-18-38/h2-13,17-32H,14-16,33-35H2,1H3. The molecular formula is C43H43O5PS. The first-order valence-electron chi connectivity index (χ1n) is 17.0. The van der Waals surface area contributed by atoms with Gasteiger partial charge in [0.1, 0.15) is 5.75 Å². The summed E-state index contributed by atoms with van der Waals surface area (Å²) in [5.41, 5.74) is 2.11.